The van der Waals surface area contributed by atoms with Crippen molar-refractivity contribution < 1.29 is 0 Å². The van der Waals surface area contributed by atoms with Gasteiger partial charge in [0.1, 0.15) is 0 Å². The van der Waals surface area contributed by atoms with Crippen LogP contribution < -0.4 is 21.3 Å². The van der Waals surface area contributed by atoms with Gasteiger partial charge in [-0.1, -0.05) is 205 Å². The van der Waals surface area contributed by atoms with Crippen molar-refractivity contribution in [1.29, 1.82) is 0 Å². The van der Waals surface area contributed by atoms with Crippen LogP contribution in [0, 0.1) is 0 Å². The Hall–Kier alpha value is -7.36. The molecule has 0 spiro atoms. The van der Waals surface area contributed by atoms with Crippen molar-refractivity contribution in [2.24, 2.45) is 0 Å². The van der Waals surface area contributed by atoms with Gasteiger partial charge in [-0.2, -0.15) is 0 Å². The van der Waals surface area contributed by atoms with Crippen molar-refractivity contribution in [3.05, 3.63) is 257 Å². The molecular formula is C66H59BN2. The van der Waals surface area contributed by atoms with E-state index < -0.39 is 5.41 Å². The first kappa shape index (κ1) is 43.0. The number of fused-ring (bicyclic) bond motifs is 7. The van der Waals surface area contributed by atoms with Crippen molar-refractivity contribution in [1.82, 2.24) is 4.57 Å². The number of nitrogens with zero attached hydrogens (tertiary/aromatic N) is 2. The standard InChI is InChI=1S/C66H59BN2/c1-63(2,3)49-34-38-57-53(40-49)54-41-51(64(4,5)6)43-56-62(54)69(57)60-31-21-30-59-61(60)67(56)55-42-50(66(8,46-26-17-11-18-27-46)47-28-19-12-20-29-47)35-39-58(55)68(59)52-36-32-48(33-37-52)65(7,44-22-13-9-14-23-44)45-24-15-10-16-25-45/h9-43H,1-8H3. The summed E-state index contributed by atoms with van der Waals surface area (Å²) >= 11 is 0. The smallest absolute Gasteiger partial charge is 0.252 e. The SMILES string of the molecule is CC(C)(C)c1ccc2c(c1)c1cc(C(C)(C)C)cc3c1n2-c1cccc2c1B3c1cc(C(C)(c3ccccc3)c3ccccc3)ccc1N2c1ccc(C(C)(c2ccccc2)c2ccccc2)cc1. The summed E-state index contributed by atoms with van der Waals surface area (Å²) in [5.41, 5.74) is 21.0. The molecule has 10 aromatic rings. The molecule has 3 heterocycles. The number of aromatic nitrogens is 1. The van der Waals surface area contributed by atoms with Crippen LogP contribution >= 0.6 is 0 Å². The summed E-state index contributed by atoms with van der Waals surface area (Å²) in [5.74, 6) is 0. The van der Waals surface area contributed by atoms with Crippen LogP contribution in [-0.2, 0) is 21.7 Å². The third-order valence-electron chi connectivity index (χ3n) is 16.0. The molecule has 0 saturated heterocycles. The lowest BCUT2D eigenvalue weighted by atomic mass is 9.33. The Bertz CT molecular complexity index is 3500. The lowest BCUT2D eigenvalue weighted by Gasteiger charge is -2.42. The zero-order valence-electron chi connectivity index (χ0n) is 41.2. The molecule has 2 aliphatic rings. The van der Waals surface area contributed by atoms with Crippen molar-refractivity contribution >= 4 is 62.0 Å². The fourth-order valence-corrected chi connectivity index (χ4v) is 12.0. The molecule has 0 atom stereocenters. The van der Waals surface area contributed by atoms with Crippen molar-refractivity contribution in [2.75, 3.05) is 4.90 Å². The zero-order chi connectivity index (χ0) is 47.5. The Labute approximate surface area is 409 Å². The molecule has 0 amide bonds. The van der Waals surface area contributed by atoms with E-state index in [-0.39, 0.29) is 23.0 Å². The molecule has 2 aliphatic heterocycles. The minimum absolute atomic E-state index is 0.0129. The molecule has 0 N–H and O–H groups in total. The maximum atomic E-state index is 2.60. The van der Waals surface area contributed by atoms with Crippen molar-refractivity contribution in [3.8, 4) is 5.69 Å². The van der Waals surface area contributed by atoms with E-state index in [0.29, 0.717) is 0 Å². The minimum atomic E-state index is -0.418. The van der Waals surface area contributed by atoms with E-state index in [1.165, 1.54) is 99.8 Å². The predicted molar refractivity (Wildman–Crippen MR) is 294 cm³/mol. The van der Waals surface area contributed by atoms with E-state index >= 15 is 0 Å². The molecule has 9 aromatic carbocycles. The zero-order valence-corrected chi connectivity index (χ0v) is 41.2. The molecule has 0 fully saturated rings. The summed E-state index contributed by atoms with van der Waals surface area (Å²) in [5, 5.41) is 2.66. The highest BCUT2D eigenvalue weighted by Gasteiger charge is 2.44. The monoisotopic (exact) mass is 890 g/mol. The van der Waals surface area contributed by atoms with Gasteiger partial charge in [0.05, 0.1) is 5.52 Å². The van der Waals surface area contributed by atoms with E-state index in [9.17, 15) is 0 Å². The molecule has 0 unspecified atom stereocenters. The van der Waals surface area contributed by atoms with Crippen LogP contribution in [0.25, 0.3) is 27.5 Å². The van der Waals surface area contributed by atoms with Gasteiger partial charge in [-0.3, -0.25) is 0 Å². The fourth-order valence-electron chi connectivity index (χ4n) is 12.0. The number of hydrogen-bond donors (Lipinski definition) is 0. The van der Waals surface area contributed by atoms with Gasteiger partial charge in [-0.05, 0) is 134 Å². The number of rotatable bonds is 7. The summed E-state index contributed by atoms with van der Waals surface area (Å²) in [6, 6.07) is 80.3. The first-order valence-electron chi connectivity index (χ1n) is 24.8. The van der Waals surface area contributed by atoms with E-state index in [0.717, 1.165) is 5.69 Å². The quantitative estimate of drug-likeness (QED) is 0.114. The van der Waals surface area contributed by atoms with E-state index in [2.05, 4.69) is 277 Å². The summed E-state index contributed by atoms with van der Waals surface area (Å²) in [4.78, 5) is 2.56. The van der Waals surface area contributed by atoms with Crippen LogP contribution in [0.3, 0.4) is 0 Å². The van der Waals surface area contributed by atoms with Gasteiger partial charge < -0.3 is 9.47 Å². The molecule has 0 radical (unpaired) electrons. The van der Waals surface area contributed by atoms with Crippen molar-refractivity contribution in [3.63, 3.8) is 0 Å². The lowest BCUT2D eigenvalue weighted by Crippen LogP contribution is -2.60. The Kier molecular flexibility index (Phi) is 9.71. The Balaban J connectivity index is 1.15. The Morgan fingerprint density at radius 3 is 1.32 bits per heavy atom. The van der Waals surface area contributed by atoms with Crippen LogP contribution in [0.1, 0.15) is 99.9 Å². The van der Waals surface area contributed by atoms with Crippen LogP contribution in [0.2, 0.25) is 0 Å². The van der Waals surface area contributed by atoms with E-state index in [1.54, 1.807) is 0 Å². The average Bonchev–Trinajstić information content (AvgIpc) is 3.71. The highest BCUT2D eigenvalue weighted by atomic mass is 15.2. The van der Waals surface area contributed by atoms with E-state index in [4.69, 9.17) is 0 Å². The lowest BCUT2D eigenvalue weighted by molar-refractivity contribution is 0.590. The van der Waals surface area contributed by atoms with Crippen LogP contribution in [0.5, 0.6) is 0 Å². The molecule has 3 heteroatoms. The van der Waals surface area contributed by atoms with Crippen LogP contribution in [-0.4, -0.2) is 11.3 Å². The maximum Gasteiger partial charge on any atom is 0.252 e. The first-order valence-corrected chi connectivity index (χ1v) is 24.8. The first-order chi connectivity index (χ1) is 33.3. The van der Waals surface area contributed by atoms with Gasteiger partial charge in [0.25, 0.3) is 6.71 Å². The van der Waals surface area contributed by atoms with Gasteiger partial charge in [-0.15, -0.1) is 0 Å². The van der Waals surface area contributed by atoms with Crippen molar-refractivity contribution in [2.45, 2.75) is 77.0 Å². The second kappa shape index (κ2) is 15.6. The van der Waals surface area contributed by atoms with Crippen LogP contribution in [0.4, 0.5) is 17.1 Å². The van der Waals surface area contributed by atoms with Gasteiger partial charge in [0, 0.05) is 49.9 Å². The minimum Gasteiger partial charge on any atom is -0.311 e. The third kappa shape index (κ3) is 6.54. The fraction of sp³-hybridized carbons (Fsp3) is 0.182. The molecule has 0 aliphatic carbocycles. The Morgan fingerprint density at radius 2 is 0.783 bits per heavy atom. The summed E-state index contributed by atoms with van der Waals surface area (Å²) < 4.78 is 2.60. The number of benzene rings is 9. The van der Waals surface area contributed by atoms with Gasteiger partial charge >= 0.3 is 0 Å². The normalized spacial score (nSPS) is 13.4. The number of hydrogen-bond acceptors (Lipinski definition) is 1. The van der Waals surface area contributed by atoms with Gasteiger partial charge in [-0.25, -0.2) is 0 Å². The molecule has 2 nitrogen and oxygen atoms in total. The molecule has 336 valence electrons. The summed E-state index contributed by atoms with van der Waals surface area (Å²) in [6.07, 6.45) is 0. The highest BCUT2D eigenvalue weighted by molar-refractivity contribution is 7.00. The average molecular weight is 891 g/mol. The van der Waals surface area contributed by atoms with E-state index in [1.807, 2.05) is 0 Å². The summed E-state index contributed by atoms with van der Waals surface area (Å²) in [7, 11) is 0. The maximum absolute atomic E-state index is 2.60. The van der Waals surface area contributed by atoms with Gasteiger partial charge in [0.15, 0.2) is 0 Å². The second-order valence-corrected chi connectivity index (χ2v) is 22.0. The summed E-state index contributed by atoms with van der Waals surface area (Å²) in [6.45, 7) is 18.9. The second-order valence-electron chi connectivity index (χ2n) is 22.0. The molecule has 0 saturated carbocycles. The molecule has 69 heavy (non-hydrogen) atoms. The molecule has 0 bridgehead atoms. The molecule has 1 aromatic heterocycles. The third-order valence-corrected chi connectivity index (χ3v) is 16.0. The topological polar surface area (TPSA) is 8.17 Å². The highest BCUT2D eigenvalue weighted by Crippen LogP contribution is 2.47. The van der Waals surface area contributed by atoms with Crippen LogP contribution in [0.15, 0.2) is 212 Å². The molecular weight excluding hydrogens is 832 g/mol. The Morgan fingerprint density at radius 1 is 0.333 bits per heavy atom. The molecule has 12 rings (SSSR count). The largest absolute Gasteiger partial charge is 0.311 e. The van der Waals surface area contributed by atoms with Gasteiger partial charge in [0.2, 0.25) is 0 Å². The predicted octanol–water partition coefficient (Wildman–Crippen LogP) is 14.7. The number of anilines is 3.